The first-order valence-corrected chi connectivity index (χ1v) is 6.85. The maximum atomic E-state index is 11.2. The largest absolute Gasteiger partial charge is 0.364 e. The first-order valence-electron chi connectivity index (χ1n) is 6.85. The zero-order valence-electron chi connectivity index (χ0n) is 12.7. The molecule has 0 spiro atoms. The van der Waals surface area contributed by atoms with Gasteiger partial charge in [-0.3, -0.25) is 10.1 Å². The minimum absolute atomic E-state index is 0.0449. The van der Waals surface area contributed by atoms with Gasteiger partial charge in [-0.2, -0.15) is 5.10 Å². The van der Waals surface area contributed by atoms with Crippen LogP contribution in [0.2, 0.25) is 0 Å². The summed E-state index contributed by atoms with van der Waals surface area (Å²) in [6.07, 6.45) is 4.30. The molecule has 21 heavy (non-hydrogen) atoms. The molecule has 0 saturated heterocycles. The maximum absolute atomic E-state index is 11.2. The summed E-state index contributed by atoms with van der Waals surface area (Å²) in [5.41, 5.74) is 0.469. The van der Waals surface area contributed by atoms with Crippen LogP contribution < -0.4 is 5.32 Å². The summed E-state index contributed by atoms with van der Waals surface area (Å²) in [4.78, 5) is 15.1. The molecule has 114 valence electrons. The van der Waals surface area contributed by atoms with Crippen LogP contribution in [0.1, 0.15) is 31.4 Å². The Morgan fingerprint density at radius 3 is 2.71 bits per heavy atom. The van der Waals surface area contributed by atoms with Gasteiger partial charge in [0, 0.05) is 38.4 Å². The van der Waals surface area contributed by atoms with Crippen LogP contribution in [0.3, 0.4) is 0 Å². The summed E-state index contributed by atoms with van der Waals surface area (Å²) in [6.45, 7) is 6.10. The molecule has 0 aliphatic rings. The van der Waals surface area contributed by atoms with Crippen molar-refractivity contribution in [3.05, 3.63) is 34.0 Å². The molecule has 2 rings (SSSR count). The van der Waals surface area contributed by atoms with Crippen LogP contribution >= 0.6 is 0 Å². The molecule has 2 heterocycles. The third-order valence-electron chi connectivity index (χ3n) is 3.29. The standard InChI is InChI=1S/C13H20N6O2/c1-9(2)18-13(12(19(20)21)10(3)16-18)15-6-5-11-14-7-8-17(11)4/h7-9,15H,5-6H2,1-4H3. The predicted molar refractivity (Wildman–Crippen MR) is 79.4 cm³/mol. The molecule has 0 bridgehead atoms. The summed E-state index contributed by atoms with van der Waals surface area (Å²) in [6, 6.07) is 0.0491. The molecule has 0 aliphatic heterocycles. The van der Waals surface area contributed by atoms with E-state index in [0.29, 0.717) is 24.5 Å². The van der Waals surface area contributed by atoms with Crippen molar-refractivity contribution in [2.75, 3.05) is 11.9 Å². The normalized spacial score (nSPS) is 11.1. The summed E-state index contributed by atoms with van der Waals surface area (Å²) in [7, 11) is 1.92. The molecule has 0 fully saturated rings. The van der Waals surface area contributed by atoms with Gasteiger partial charge in [-0.25, -0.2) is 9.67 Å². The molecule has 0 amide bonds. The van der Waals surface area contributed by atoms with E-state index in [9.17, 15) is 10.1 Å². The number of nitro groups is 1. The van der Waals surface area contributed by atoms with Crippen molar-refractivity contribution in [3.8, 4) is 0 Å². The molecule has 0 aromatic carbocycles. The smallest absolute Gasteiger partial charge is 0.333 e. The average Bonchev–Trinajstić information content (AvgIpc) is 2.94. The number of hydrogen-bond acceptors (Lipinski definition) is 5. The summed E-state index contributed by atoms with van der Waals surface area (Å²) in [5.74, 6) is 1.39. The van der Waals surface area contributed by atoms with Crippen LogP contribution in [-0.4, -0.2) is 30.8 Å². The Balaban J connectivity index is 2.18. The van der Waals surface area contributed by atoms with Crippen molar-refractivity contribution in [3.63, 3.8) is 0 Å². The predicted octanol–water partition coefficient (Wildman–Crippen LogP) is 2.07. The first kappa shape index (κ1) is 15.0. The van der Waals surface area contributed by atoms with Gasteiger partial charge in [0.1, 0.15) is 11.5 Å². The highest BCUT2D eigenvalue weighted by atomic mass is 16.6. The fourth-order valence-corrected chi connectivity index (χ4v) is 2.23. The quantitative estimate of drug-likeness (QED) is 0.650. The van der Waals surface area contributed by atoms with Gasteiger partial charge in [0.2, 0.25) is 5.82 Å². The molecule has 0 saturated carbocycles. The maximum Gasteiger partial charge on any atom is 0.333 e. The number of anilines is 1. The molecule has 2 aromatic rings. The Morgan fingerprint density at radius 2 is 2.19 bits per heavy atom. The van der Waals surface area contributed by atoms with Crippen LogP contribution in [0.15, 0.2) is 12.4 Å². The van der Waals surface area contributed by atoms with Crippen LogP contribution in [0.25, 0.3) is 0 Å². The zero-order valence-corrected chi connectivity index (χ0v) is 12.7. The third-order valence-corrected chi connectivity index (χ3v) is 3.29. The molecular weight excluding hydrogens is 272 g/mol. The van der Waals surface area contributed by atoms with E-state index in [-0.39, 0.29) is 16.7 Å². The van der Waals surface area contributed by atoms with Crippen molar-refractivity contribution in [1.29, 1.82) is 0 Å². The second kappa shape index (κ2) is 5.94. The highest BCUT2D eigenvalue weighted by Crippen LogP contribution is 2.30. The number of rotatable bonds is 6. The van der Waals surface area contributed by atoms with Gasteiger partial charge in [-0.15, -0.1) is 0 Å². The van der Waals surface area contributed by atoms with Gasteiger partial charge < -0.3 is 9.88 Å². The lowest BCUT2D eigenvalue weighted by Gasteiger charge is -2.11. The van der Waals surface area contributed by atoms with E-state index >= 15 is 0 Å². The SMILES string of the molecule is Cc1nn(C(C)C)c(NCCc2nccn2C)c1[N+](=O)[O-]. The summed E-state index contributed by atoms with van der Waals surface area (Å²) >= 11 is 0. The van der Waals surface area contributed by atoms with Crippen LogP contribution in [-0.2, 0) is 13.5 Å². The Morgan fingerprint density at radius 1 is 1.48 bits per heavy atom. The summed E-state index contributed by atoms with van der Waals surface area (Å²) in [5, 5.41) is 18.6. The van der Waals surface area contributed by atoms with E-state index in [2.05, 4.69) is 15.4 Å². The minimum Gasteiger partial charge on any atom is -0.364 e. The Hall–Kier alpha value is -2.38. The molecule has 0 atom stereocenters. The van der Waals surface area contributed by atoms with Crippen molar-refractivity contribution in [2.45, 2.75) is 33.2 Å². The fourth-order valence-electron chi connectivity index (χ4n) is 2.23. The Kier molecular flexibility index (Phi) is 4.25. The van der Waals surface area contributed by atoms with Crippen LogP contribution in [0, 0.1) is 17.0 Å². The van der Waals surface area contributed by atoms with Crippen LogP contribution in [0.5, 0.6) is 0 Å². The number of aryl methyl sites for hydroxylation is 2. The number of nitrogens with one attached hydrogen (secondary N) is 1. The molecule has 8 nitrogen and oxygen atoms in total. The monoisotopic (exact) mass is 292 g/mol. The lowest BCUT2D eigenvalue weighted by Crippen LogP contribution is -2.14. The van der Waals surface area contributed by atoms with E-state index in [0.717, 1.165) is 5.82 Å². The Labute approximate surface area is 122 Å². The number of aromatic nitrogens is 4. The lowest BCUT2D eigenvalue weighted by atomic mass is 10.3. The van der Waals surface area contributed by atoms with Crippen molar-refractivity contribution < 1.29 is 4.92 Å². The molecule has 8 heteroatoms. The zero-order chi connectivity index (χ0) is 15.6. The van der Waals surface area contributed by atoms with E-state index in [1.54, 1.807) is 17.8 Å². The Bertz CT molecular complexity index is 643. The van der Waals surface area contributed by atoms with Crippen molar-refractivity contribution in [2.24, 2.45) is 7.05 Å². The molecular formula is C13H20N6O2. The number of imidazole rings is 1. The fraction of sp³-hybridized carbons (Fsp3) is 0.538. The van der Waals surface area contributed by atoms with Gasteiger partial charge >= 0.3 is 5.69 Å². The first-order chi connectivity index (χ1) is 9.91. The average molecular weight is 292 g/mol. The van der Waals surface area contributed by atoms with E-state index in [1.165, 1.54) is 0 Å². The second-order valence-electron chi connectivity index (χ2n) is 5.21. The molecule has 0 aliphatic carbocycles. The molecule has 0 radical (unpaired) electrons. The van der Waals surface area contributed by atoms with Gasteiger partial charge in [0.25, 0.3) is 0 Å². The summed E-state index contributed by atoms with van der Waals surface area (Å²) < 4.78 is 3.59. The minimum atomic E-state index is -0.385. The van der Waals surface area contributed by atoms with E-state index < -0.39 is 0 Å². The van der Waals surface area contributed by atoms with Gasteiger partial charge in [-0.05, 0) is 20.8 Å². The van der Waals surface area contributed by atoms with Crippen LogP contribution in [0.4, 0.5) is 11.5 Å². The van der Waals surface area contributed by atoms with Gasteiger partial charge in [0.15, 0.2) is 0 Å². The van der Waals surface area contributed by atoms with Gasteiger partial charge in [0.05, 0.1) is 4.92 Å². The topological polar surface area (TPSA) is 90.8 Å². The highest BCUT2D eigenvalue weighted by Gasteiger charge is 2.26. The number of hydrogen-bond donors (Lipinski definition) is 1. The number of nitrogens with zero attached hydrogens (tertiary/aromatic N) is 5. The molecule has 2 aromatic heterocycles. The lowest BCUT2D eigenvalue weighted by molar-refractivity contribution is -0.384. The van der Waals surface area contributed by atoms with Crippen molar-refractivity contribution >= 4 is 11.5 Å². The van der Waals surface area contributed by atoms with Crippen molar-refractivity contribution in [1.82, 2.24) is 19.3 Å². The molecule has 0 unspecified atom stereocenters. The highest BCUT2D eigenvalue weighted by molar-refractivity contribution is 5.59. The molecule has 1 N–H and O–H groups in total. The second-order valence-corrected chi connectivity index (χ2v) is 5.21. The van der Waals surface area contributed by atoms with E-state index in [4.69, 9.17) is 0 Å². The van der Waals surface area contributed by atoms with E-state index in [1.807, 2.05) is 31.7 Å². The third kappa shape index (κ3) is 3.04. The van der Waals surface area contributed by atoms with Gasteiger partial charge in [-0.1, -0.05) is 0 Å².